The molecule has 0 bridgehead atoms. The molecule has 0 spiro atoms. The van der Waals surface area contributed by atoms with E-state index < -0.39 is 0 Å². The van der Waals surface area contributed by atoms with Crippen LogP contribution in [-0.4, -0.2) is 14.5 Å². The zero-order valence-corrected chi connectivity index (χ0v) is 41.2. The van der Waals surface area contributed by atoms with Crippen LogP contribution in [0.15, 0.2) is 137 Å². The highest BCUT2D eigenvalue weighted by molar-refractivity contribution is 6.08. The summed E-state index contributed by atoms with van der Waals surface area (Å²) in [6.07, 6.45) is 12.4. The van der Waals surface area contributed by atoms with Crippen LogP contribution in [-0.2, 0) is 10.8 Å². The highest BCUT2D eigenvalue weighted by Crippen LogP contribution is 2.55. The summed E-state index contributed by atoms with van der Waals surface area (Å²) in [5, 5.41) is 2.33. The Labute approximate surface area is 392 Å². The highest BCUT2D eigenvalue weighted by Gasteiger charge is 2.41. The zero-order chi connectivity index (χ0) is 46.5. The molecular formula is C62H65N3O. The smallest absolute Gasteiger partial charge is 0.180 e. The molecule has 0 fully saturated rings. The van der Waals surface area contributed by atoms with Crippen LogP contribution in [0.4, 0.5) is 0 Å². The first kappa shape index (κ1) is 43.6. The summed E-state index contributed by atoms with van der Waals surface area (Å²) < 4.78 is 9.59. The average Bonchev–Trinajstić information content (AvgIpc) is 3.83. The van der Waals surface area contributed by atoms with Gasteiger partial charge in [0.1, 0.15) is 16.8 Å². The molecule has 0 saturated heterocycles. The minimum Gasteiger partial charge on any atom is -0.452 e. The van der Waals surface area contributed by atoms with Crippen LogP contribution >= 0.6 is 0 Å². The largest absolute Gasteiger partial charge is 0.452 e. The van der Waals surface area contributed by atoms with Gasteiger partial charge in [0, 0.05) is 50.2 Å². The van der Waals surface area contributed by atoms with E-state index in [-0.39, 0.29) is 27.6 Å². The second-order valence-corrected chi connectivity index (χ2v) is 23.1. The number of rotatable bonds is 5. The van der Waals surface area contributed by atoms with Crippen molar-refractivity contribution in [3.8, 4) is 39.5 Å². The highest BCUT2D eigenvalue weighted by atomic mass is 16.3. The monoisotopic (exact) mass is 868 g/mol. The second kappa shape index (κ2) is 15.7. The molecule has 4 nitrogen and oxygen atoms in total. The number of fused-ring (bicyclic) bond motifs is 6. The minimum absolute atomic E-state index is 0.0174. The molecule has 334 valence electrons. The Morgan fingerprint density at radius 1 is 0.636 bits per heavy atom. The average molecular weight is 868 g/mol. The Bertz CT molecular complexity index is 3290. The van der Waals surface area contributed by atoms with E-state index in [0.29, 0.717) is 11.4 Å². The molecule has 8 aromatic rings. The van der Waals surface area contributed by atoms with Crippen LogP contribution in [0.3, 0.4) is 0 Å². The lowest BCUT2D eigenvalue weighted by Gasteiger charge is -2.39. The van der Waals surface area contributed by atoms with Crippen LogP contribution in [0.1, 0.15) is 136 Å². The molecular weight excluding hydrogens is 803 g/mol. The molecule has 0 saturated carbocycles. The van der Waals surface area contributed by atoms with E-state index >= 15 is 0 Å². The van der Waals surface area contributed by atoms with Crippen molar-refractivity contribution in [2.75, 3.05) is 0 Å². The first-order chi connectivity index (χ1) is 31.3. The molecule has 4 heteroatoms. The van der Waals surface area contributed by atoms with Crippen LogP contribution < -0.4 is 0 Å². The normalized spacial score (nSPS) is 16.0. The van der Waals surface area contributed by atoms with E-state index in [1.807, 2.05) is 18.2 Å². The van der Waals surface area contributed by atoms with E-state index in [0.717, 1.165) is 58.1 Å². The van der Waals surface area contributed by atoms with Gasteiger partial charge in [0.2, 0.25) is 0 Å². The van der Waals surface area contributed by atoms with Gasteiger partial charge < -0.3 is 8.98 Å². The Morgan fingerprint density at radius 2 is 1.30 bits per heavy atom. The van der Waals surface area contributed by atoms with E-state index in [9.17, 15) is 0 Å². The number of para-hydroxylation sites is 1. The number of furan rings is 1. The van der Waals surface area contributed by atoms with Crippen molar-refractivity contribution in [1.29, 1.82) is 0 Å². The first-order valence-corrected chi connectivity index (χ1v) is 24.1. The molecule has 1 atom stereocenters. The fourth-order valence-corrected chi connectivity index (χ4v) is 10.4. The van der Waals surface area contributed by atoms with Gasteiger partial charge in [-0.05, 0) is 93.5 Å². The standard InChI is InChI=1S/C62H65N3O/c1-59(2,3)42-34-47-48-35-43(60(4,5)6)37-50(62(10,11)12)56(48)65(55(47)49(36-42)61(7,8)9)54-45(38-24-16-13-17-25-38)32-41(33-46(54)39-26-18-14-19-27-39)52-57-53(44-30-22-23-31-51(44)66-57)64-58(63-52)40-28-20-15-21-29-40/h13-18,20-26,28-36,50H,19,27,37H2,1-12H3. The predicted octanol–water partition coefficient (Wildman–Crippen LogP) is 17.6. The van der Waals surface area contributed by atoms with Crippen molar-refractivity contribution in [1.82, 2.24) is 14.5 Å². The summed E-state index contributed by atoms with van der Waals surface area (Å²) in [6.45, 7) is 28.8. The number of nitrogens with zero attached hydrogens (tertiary/aromatic N) is 3. The van der Waals surface area contributed by atoms with Crippen molar-refractivity contribution < 1.29 is 4.42 Å². The molecule has 0 aliphatic heterocycles. The maximum absolute atomic E-state index is 6.81. The lowest BCUT2D eigenvalue weighted by atomic mass is 9.67. The van der Waals surface area contributed by atoms with Gasteiger partial charge in [-0.25, -0.2) is 9.97 Å². The summed E-state index contributed by atoms with van der Waals surface area (Å²) >= 11 is 0. The van der Waals surface area contributed by atoms with Crippen molar-refractivity contribution in [3.05, 3.63) is 161 Å². The van der Waals surface area contributed by atoms with E-state index in [4.69, 9.17) is 14.4 Å². The summed E-state index contributed by atoms with van der Waals surface area (Å²) in [4.78, 5) is 10.7. The Kier molecular flexibility index (Phi) is 10.4. The molecule has 5 aromatic carbocycles. The summed E-state index contributed by atoms with van der Waals surface area (Å²) in [7, 11) is 0. The lowest BCUT2D eigenvalue weighted by molar-refractivity contribution is 0.294. The number of benzene rings is 5. The van der Waals surface area contributed by atoms with Gasteiger partial charge in [-0.3, -0.25) is 0 Å². The number of allylic oxidation sites excluding steroid dienone is 5. The summed E-state index contributed by atoms with van der Waals surface area (Å²) in [5.41, 5.74) is 19.3. The molecule has 1 unspecified atom stereocenters. The maximum Gasteiger partial charge on any atom is 0.180 e. The maximum atomic E-state index is 6.81. The van der Waals surface area contributed by atoms with Crippen LogP contribution in [0.2, 0.25) is 0 Å². The quantitative estimate of drug-likeness (QED) is 0.173. The van der Waals surface area contributed by atoms with Gasteiger partial charge in [0.25, 0.3) is 0 Å². The zero-order valence-electron chi connectivity index (χ0n) is 41.2. The van der Waals surface area contributed by atoms with E-state index in [1.165, 1.54) is 61.2 Å². The van der Waals surface area contributed by atoms with Crippen LogP contribution in [0.5, 0.6) is 0 Å². The van der Waals surface area contributed by atoms with Gasteiger partial charge in [-0.2, -0.15) is 0 Å². The number of hydrogen-bond acceptors (Lipinski definition) is 3. The molecule has 0 N–H and O–H groups in total. The van der Waals surface area contributed by atoms with Gasteiger partial charge in [-0.1, -0.05) is 192 Å². The van der Waals surface area contributed by atoms with Crippen molar-refractivity contribution in [2.45, 2.75) is 119 Å². The molecule has 2 aliphatic carbocycles. The summed E-state index contributed by atoms with van der Waals surface area (Å²) in [6, 6.07) is 39.6. The second-order valence-electron chi connectivity index (χ2n) is 23.1. The lowest BCUT2D eigenvalue weighted by Crippen LogP contribution is -2.27. The molecule has 0 radical (unpaired) electrons. The van der Waals surface area contributed by atoms with Gasteiger partial charge >= 0.3 is 0 Å². The molecule has 66 heavy (non-hydrogen) atoms. The molecule has 3 heterocycles. The molecule has 2 aliphatic rings. The fourth-order valence-electron chi connectivity index (χ4n) is 10.4. The molecule has 0 amide bonds. The topological polar surface area (TPSA) is 43.9 Å². The Morgan fingerprint density at radius 3 is 1.94 bits per heavy atom. The van der Waals surface area contributed by atoms with E-state index in [1.54, 1.807) is 0 Å². The fraction of sp³-hybridized carbons (Fsp3) is 0.323. The SMILES string of the molecule is CC(C)(C)C1=Cc2c(n(-c3c(C4=CC=CCC4)cc(-c4nc(-c5ccccc5)nc5c4oc4ccccc45)cc3-c3ccccc3)c3c(C(C)(C)C)cc(C(C)(C)C)cc23)C(C(C)(C)C)C1. The van der Waals surface area contributed by atoms with Gasteiger partial charge in [-0.15, -0.1) is 0 Å². The van der Waals surface area contributed by atoms with Gasteiger partial charge in [0.15, 0.2) is 11.4 Å². The Hall–Kier alpha value is -6.26. The van der Waals surface area contributed by atoms with Gasteiger partial charge in [0.05, 0.1) is 11.2 Å². The van der Waals surface area contributed by atoms with E-state index in [2.05, 4.69) is 203 Å². The summed E-state index contributed by atoms with van der Waals surface area (Å²) in [5.74, 6) is 0.924. The molecule has 10 rings (SSSR count). The van der Waals surface area contributed by atoms with Crippen molar-refractivity contribution in [3.63, 3.8) is 0 Å². The first-order valence-electron chi connectivity index (χ1n) is 24.1. The third-order valence-electron chi connectivity index (χ3n) is 14.2. The van der Waals surface area contributed by atoms with Crippen LogP contribution in [0.25, 0.3) is 84.1 Å². The third kappa shape index (κ3) is 7.57. The minimum atomic E-state index is -0.159. The molecule has 3 aromatic heterocycles. The Balaban J connectivity index is 1.43. The van der Waals surface area contributed by atoms with Crippen molar-refractivity contribution in [2.24, 2.45) is 10.8 Å². The predicted molar refractivity (Wildman–Crippen MR) is 280 cm³/mol. The number of aromatic nitrogens is 3. The number of hydrogen-bond donors (Lipinski definition) is 0. The van der Waals surface area contributed by atoms with Crippen molar-refractivity contribution >= 4 is 44.6 Å². The third-order valence-corrected chi connectivity index (χ3v) is 14.2. The van der Waals surface area contributed by atoms with Crippen LogP contribution in [0, 0.1) is 10.8 Å².